The molecule has 0 aliphatic heterocycles. The Labute approximate surface area is 131 Å². The van der Waals surface area contributed by atoms with Crippen LogP contribution in [0.1, 0.15) is 43.5 Å². The number of aromatic carboxylic acids is 1. The van der Waals surface area contributed by atoms with Crippen LogP contribution in [-0.2, 0) is 4.74 Å². The van der Waals surface area contributed by atoms with E-state index < -0.39 is 5.97 Å². The summed E-state index contributed by atoms with van der Waals surface area (Å²) in [5.74, 6) is -0.0251. The summed E-state index contributed by atoms with van der Waals surface area (Å²) in [5.41, 5.74) is 1.06. The molecule has 5 heteroatoms. The molecule has 1 aromatic carbocycles. The topological polar surface area (TPSA) is 58.6 Å². The number of thioether (sulfide) groups is 1. The van der Waals surface area contributed by atoms with Crippen molar-refractivity contribution >= 4 is 23.4 Å². The molecule has 0 saturated carbocycles. The molecule has 1 aromatic rings. The van der Waals surface area contributed by atoms with Gasteiger partial charge in [0, 0.05) is 30.3 Å². The first-order chi connectivity index (χ1) is 10.2. The Balaban J connectivity index is 2.50. The maximum atomic E-state index is 11.4. The minimum absolute atomic E-state index is 0.372. The first-order valence-corrected chi connectivity index (χ1v) is 8.50. The highest BCUT2D eigenvalue weighted by Crippen LogP contribution is 2.28. The minimum atomic E-state index is -0.881. The molecular weight excluding hydrogens is 286 g/mol. The van der Waals surface area contributed by atoms with Crippen molar-refractivity contribution in [1.29, 1.82) is 0 Å². The monoisotopic (exact) mass is 311 g/mol. The average Bonchev–Trinajstić information content (AvgIpc) is 2.46. The molecule has 0 radical (unpaired) electrons. The summed E-state index contributed by atoms with van der Waals surface area (Å²) >= 11 is 1.55. The zero-order chi connectivity index (χ0) is 15.5. The lowest BCUT2D eigenvalue weighted by Gasteiger charge is -2.13. The summed E-state index contributed by atoms with van der Waals surface area (Å²) in [6.07, 6.45) is 3.10. The lowest BCUT2D eigenvalue weighted by atomic mass is 10.1. The fourth-order valence-electron chi connectivity index (χ4n) is 1.92. The van der Waals surface area contributed by atoms with Gasteiger partial charge in [0.1, 0.15) is 0 Å². The van der Waals surface area contributed by atoms with E-state index in [1.54, 1.807) is 11.8 Å². The van der Waals surface area contributed by atoms with E-state index in [9.17, 15) is 9.90 Å². The predicted octanol–water partition coefficient (Wildman–Crippen LogP) is 4.12. The highest BCUT2D eigenvalue weighted by Gasteiger charge is 2.15. The van der Waals surface area contributed by atoms with Crippen LogP contribution in [0.2, 0.25) is 0 Å². The molecule has 118 valence electrons. The second-order valence-corrected chi connectivity index (χ2v) is 5.97. The van der Waals surface area contributed by atoms with Crippen molar-refractivity contribution in [2.45, 2.75) is 38.0 Å². The van der Waals surface area contributed by atoms with Crippen LogP contribution in [0.25, 0.3) is 0 Å². The number of ether oxygens (including phenoxy) is 1. The Hall–Kier alpha value is -1.20. The summed E-state index contributed by atoms with van der Waals surface area (Å²) in [5, 5.41) is 12.6. The zero-order valence-corrected chi connectivity index (χ0v) is 13.7. The van der Waals surface area contributed by atoms with Gasteiger partial charge in [0.2, 0.25) is 0 Å². The quantitative estimate of drug-likeness (QED) is 0.475. The molecule has 0 atom stereocenters. The molecular formula is C16H25NO3S. The van der Waals surface area contributed by atoms with Crippen LogP contribution in [-0.4, -0.2) is 36.6 Å². The molecule has 0 spiro atoms. The van der Waals surface area contributed by atoms with Gasteiger partial charge in [0.05, 0.1) is 5.56 Å². The lowest BCUT2D eigenvalue weighted by molar-refractivity contribution is 0.0694. The first-order valence-electron chi connectivity index (χ1n) is 7.51. The predicted molar refractivity (Wildman–Crippen MR) is 88.6 cm³/mol. The molecule has 0 aliphatic rings. The molecule has 21 heavy (non-hydrogen) atoms. The summed E-state index contributed by atoms with van der Waals surface area (Å²) < 4.78 is 5.49. The highest BCUT2D eigenvalue weighted by atomic mass is 32.2. The van der Waals surface area contributed by atoms with Gasteiger partial charge in [-0.2, -0.15) is 0 Å². The summed E-state index contributed by atoms with van der Waals surface area (Å²) in [7, 11) is 0. The smallest absolute Gasteiger partial charge is 0.338 e. The highest BCUT2D eigenvalue weighted by molar-refractivity contribution is 7.99. The first kappa shape index (κ1) is 17.9. The maximum absolute atomic E-state index is 11.4. The Morgan fingerprint density at radius 1 is 1.29 bits per heavy atom. The molecule has 0 aliphatic carbocycles. The van der Waals surface area contributed by atoms with Crippen LogP contribution in [0.3, 0.4) is 0 Å². The fraction of sp³-hybridized carbons (Fsp3) is 0.562. The van der Waals surface area contributed by atoms with Crippen LogP contribution < -0.4 is 5.32 Å². The van der Waals surface area contributed by atoms with Crippen LogP contribution in [0.4, 0.5) is 5.69 Å². The number of carboxylic acids is 1. The minimum Gasteiger partial charge on any atom is -0.478 e. The number of nitrogens with one attached hydrogen (secondary N) is 1. The van der Waals surface area contributed by atoms with Crippen molar-refractivity contribution in [3.63, 3.8) is 0 Å². The molecule has 1 rings (SSSR count). The number of anilines is 1. The maximum Gasteiger partial charge on any atom is 0.338 e. The van der Waals surface area contributed by atoms with Crippen LogP contribution in [0, 0.1) is 0 Å². The van der Waals surface area contributed by atoms with Gasteiger partial charge >= 0.3 is 5.97 Å². The number of unbranched alkanes of at least 4 members (excludes halogenated alkanes) is 1. The van der Waals surface area contributed by atoms with Crippen LogP contribution >= 0.6 is 11.8 Å². The largest absolute Gasteiger partial charge is 0.478 e. The third kappa shape index (κ3) is 6.40. The second-order valence-electron chi connectivity index (χ2n) is 4.66. The Kier molecular flexibility index (Phi) is 8.94. The lowest BCUT2D eigenvalue weighted by Crippen LogP contribution is -2.11. The molecule has 2 N–H and O–H groups in total. The molecule has 0 saturated heterocycles. The Morgan fingerprint density at radius 2 is 2.05 bits per heavy atom. The Morgan fingerprint density at radius 3 is 2.71 bits per heavy atom. The van der Waals surface area contributed by atoms with Gasteiger partial charge in [0.25, 0.3) is 0 Å². The van der Waals surface area contributed by atoms with E-state index in [0.717, 1.165) is 36.5 Å². The number of hydrogen-bond donors (Lipinski definition) is 2. The van der Waals surface area contributed by atoms with Gasteiger partial charge in [-0.3, -0.25) is 0 Å². The third-order valence-corrected chi connectivity index (χ3v) is 3.90. The average molecular weight is 311 g/mol. The van der Waals surface area contributed by atoms with Gasteiger partial charge < -0.3 is 15.2 Å². The number of carboxylic acid groups (broad SMARTS) is 1. The number of carbonyl (C=O) groups is 1. The molecule has 0 aromatic heterocycles. The standard InChI is InChI=1S/C16H25NO3S/c1-3-5-11-20-12-7-10-17-13-8-6-9-14(21-4-2)15(13)16(18)19/h6,8-9,17H,3-5,7,10-12H2,1-2H3,(H,18,19). The van der Waals surface area contributed by atoms with E-state index in [-0.39, 0.29) is 0 Å². The van der Waals surface area contributed by atoms with E-state index in [1.165, 1.54) is 0 Å². The van der Waals surface area contributed by atoms with E-state index in [1.807, 2.05) is 25.1 Å². The van der Waals surface area contributed by atoms with Gasteiger partial charge in [-0.25, -0.2) is 4.79 Å². The van der Waals surface area contributed by atoms with Crippen molar-refractivity contribution in [2.75, 3.05) is 30.8 Å². The van der Waals surface area contributed by atoms with E-state index >= 15 is 0 Å². The van der Waals surface area contributed by atoms with Gasteiger partial charge in [0.15, 0.2) is 0 Å². The van der Waals surface area contributed by atoms with Crippen LogP contribution in [0.15, 0.2) is 23.1 Å². The molecule has 0 heterocycles. The molecule has 0 unspecified atom stereocenters. The number of hydrogen-bond acceptors (Lipinski definition) is 4. The molecule has 0 bridgehead atoms. The van der Waals surface area contributed by atoms with Gasteiger partial charge in [-0.1, -0.05) is 26.3 Å². The fourth-order valence-corrected chi connectivity index (χ4v) is 2.75. The summed E-state index contributed by atoms with van der Waals surface area (Å²) in [4.78, 5) is 12.3. The van der Waals surface area contributed by atoms with Crippen molar-refractivity contribution in [3.05, 3.63) is 23.8 Å². The van der Waals surface area contributed by atoms with Crippen molar-refractivity contribution in [2.24, 2.45) is 0 Å². The summed E-state index contributed by atoms with van der Waals surface area (Å²) in [6.45, 7) is 6.38. The molecule has 0 amide bonds. The zero-order valence-electron chi connectivity index (χ0n) is 12.9. The van der Waals surface area contributed by atoms with Crippen molar-refractivity contribution in [1.82, 2.24) is 0 Å². The molecule has 0 fully saturated rings. The number of benzene rings is 1. The normalized spacial score (nSPS) is 10.6. The SMILES string of the molecule is CCCCOCCCNc1cccc(SCC)c1C(=O)O. The van der Waals surface area contributed by atoms with E-state index in [2.05, 4.69) is 12.2 Å². The van der Waals surface area contributed by atoms with E-state index in [4.69, 9.17) is 4.74 Å². The van der Waals surface area contributed by atoms with Crippen LogP contribution in [0.5, 0.6) is 0 Å². The van der Waals surface area contributed by atoms with Gasteiger partial charge in [-0.05, 0) is 30.7 Å². The third-order valence-electron chi connectivity index (χ3n) is 2.96. The van der Waals surface area contributed by atoms with E-state index in [0.29, 0.717) is 24.4 Å². The summed E-state index contributed by atoms with van der Waals surface area (Å²) in [6, 6.07) is 5.57. The van der Waals surface area contributed by atoms with Crippen molar-refractivity contribution in [3.8, 4) is 0 Å². The van der Waals surface area contributed by atoms with Crippen molar-refractivity contribution < 1.29 is 14.6 Å². The molecule has 4 nitrogen and oxygen atoms in total. The second kappa shape index (κ2) is 10.5. The number of rotatable bonds is 11. The van der Waals surface area contributed by atoms with Gasteiger partial charge in [-0.15, -0.1) is 11.8 Å². The Bertz CT molecular complexity index is 438.